The molecule has 0 aromatic heterocycles. The van der Waals surface area contributed by atoms with Gasteiger partial charge in [-0.25, -0.2) is 0 Å². The molecule has 2 heterocycles. The van der Waals surface area contributed by atoms with Gasteiger partial charge in [0.2, 0.25) is 5.91 Å². The van der Waals surface area contributed by atoms with Gasteiger partial charge in [0.25, 0.3) is 0 Å². The first-order valence-electron chi connectivity index (χ1n) is 5.88. The highest BCUT2D eigenvalue weighted by molar-refractivity contribution is 5.97. The molecule has 0 unspecified atom stereocenters. The van der Waals surface area contributed by atoms with E-state index >= 15 is 0 Å². The maximum Gasteiger partial charge on any atom is 0.230 e. The van der Waals surface area contributed by atoms with E-state index in [0.717, 1.165) is 36.6 Å². The van der Waals surface area contributed by atoms with Crippen LogP contribution in [0.1, 0.15) is 18.4 Å². The molecule has 0 radical (unpaired) electrons. The smallest absolute Gasteiger partial charge is 0.230 e. The van der Waals surface area contributed by atoms with E-state index < -0.39 is 0 Å². The molecule has 4 rings (SSSR count). The maximum absolute atomic E-state index is 12.1. The summed E-state index contributed by atoms with van der Waals surface area (Å²) in [5.41, 5.74) is 7.72. The van der Waals surface area contributed by atoms with Crippen molar-refractivity contribution < 1.29 is 4.79 Å². The van der Waals surface area contributed by atoms with Gasteiger partial charge in [0.1, 0.15) is 0 Å². The number of rotatable bonds is 2. The number of nitrogens with zero attached hydrogens (tertiary/aromatic N) is 1. The second-order valence-electron chi connectivity index (χ2n) is 4.86. The van der Waals surface area contributed by atoms with Crippen LogP contribution in [0.5, 0.6) is 0 Å². The lowest BCUT2D eigenvalue weighted by molar-refractivity contribution is -0.129. The van der Waals surface area contributed by atoms with Crippen LogP contribution in [0.4, 0.5) is 5.69 Å². The topological polar surface area (TPSA) is 46.3 Å². The van der Waals surface area contributed by atoms with Crippen LogP contribution >= 0.6 is 0 Å². The molecule has 3 fully saturated rings. The van der Waals surface area contributed by atoms with Gasteiger partial charge in [-0.1, -0.05) is 12.1 Å². The second kappa shape index (κ2) is 3.59. The minimum atomic E-state index is 0.292. The number of hydrogen-bond acceptors (Lipinski definition) is 2. The molecule has 1 saturated carbocycles. The standard InChI is InChI=1S/C13H16N2O/c14-7-9-2-1-3-12(6-9)15-8-10-4-11(5-10)13(15)16/h1-3,6,10-11H,4-5,7-8,14H2. The molecule has 0 spiro atoms. The van der Waals surface area contributed by atoms with E-state index in [-0.39, 0.29) is 0 Å². The quantitative estimate of drug-likeness (QED) is 0.814. The fourth-order valence-corrected chi connectivity index (χ4v) is 2.74. The molecule has 2 bridgehead atoms. The summed E-state index contributed by atoms with van der Waals surface area (Å²) in [7, 11) is 0. The van der Waals surface area contributed by atoms with Crippen molar-refractivity contribution in [2.45, 2.75) is 19.4 Å². The summed E-state index contributed by atoms with van der Waals surface area (Å²) in [6.07, 6.45) is 2.21. The molecule has 3 aliphatic rings. The van der Waals surface area contributed by atoms with Gasteiger partial charge >= 0.3 is 0 Å². The van der Waals surface area contributed by atoms with E-state index in [2.05, 4.69) is 0 Å². The Morgan fingerprint density at radius 2 is 2.19 bits per heavy atom. The number of nitrogens with two attached hydrogens (primary N) is 1. The lowest BCUT2D eigenvalue weighted by atomic mass is 9.70. The molecule has 3 heteroatoms. The van der Waals surface area contributed by atoms with Crippen molar-refractivity contribution in [3.63, 3.8) is 0 Å². The first kappa shape index (κ1) is 9.85. The zero-order valence-corrected chi connectivity index (χ0v) is 9.23. The first-order valence-corrected chi connectivity index (χ1v) is 5.88. The number of carbonyl (C=O) groups excluding carboxylic acids is 1. The number of piperidine rings is 2. The third-order valence-electron chi connectivity index (χ3n) is 3.75. The Kier molecular flexibility index (Phi) is 2.21. The van der Waals surface area contributed by atoms with Crippen LogP contribution < -0.4 is 10.6 Å². The van der Waals surface area contributed by atoms with Crippen molar-refractivity contribution >= 4 is 11.6 Å². The second-order valence-corrected chi connectivity index (χ2v) is 4.86. The third kappa shape index (κ3) is 1.43. The van der Waals surface area contributed by atoms with Crippen LogP contribution in [-0.4, -0.2) is 12.5 Å². The largest absolute Gasteiger partial charge is 0.326 e. The van der Waals surface area contributed by atoms with E-state index in [1.54, 1.807) is 0 Å². The van der Waals surface area contributed by atoms with Crippen LogP contribution in [0.2, 0.25) is 0 Å². The van der Waals surface area contributed by atoms with Crippen LogP contribution in [-0.2, 0) is 11.3 Å². The lowest BCUT2D eigenvalue weighted by Crippen LogP contribution is -2.53. The van der Waals surface area contributed by atoms with Gasteiger partial charge in [-0.15, -0.1) is 0 Å². The Hall–Kier alpha value is -1.35. The van der Waals surface area contributed by atoms with Gasteiger partial charge in [0.15, 0.2) is 0 Å². The third-order valence-corrected chi connectivity index (χ3v) is 3.75. The highest BCUT2D eigenvalue weighted by atomic mass is 16.2. The zero-order valence-electron chi connectivity index (χ0n) is 9.23. The number of amides is 1. The van der Waals surface area contributed by atoms with Crippen molar-refractivity contribution in [2.75, 3.05) is 11.4 Å². The SMILES string of the molecule is NCc1cccc(N2CC3CC(C3)C2=O)c1. The fraction of sp³-hybridized carbons (Fsp3) is 0.462. The summed E-state index contributed by atoms with van der Waals surface area (Å²) in [5, 5.41) is 0. The molecule has 2 saturated heterocycles. The lowest BCUT2D eigenvalue weighted by Gasteiger charge is -2.46. The Morgan fingerprint density at radius 1 is 1.38 bits per heavy atom. The van der Waals surface area contributed by atoms with Gasteiger partial charge in [0, 0.05) is 24.7 Å². The summed E-state index contributed by atoms with van der Waals surface area (Å²) < 4.78 is 0. The molecule has 1 aliphatic carbocycles. The summed E-state index contributed by atoms with van der Waals surface area (Å²) >= 11 is 0. The molecule has 1 aromatic carbocycles. The van der Waals surface area contributed by atoms with Gasteiger partial charge < -0.3 is 10.6 Å². The molecule has 0 atom stereocenters. The maximum atomic E-state index is 12.1. The molecule has 2 N–H and O–H groups in total. The Morgan fingerprint density at radius 3 is 2.88 bits per heavy atom. The van der Waals surface area contributed by atoms with Crippen molar-refractivity contribution in [3.05, 3.63) is 29.8 Å². The Balaban J connectivity index is 1.88. The summed E-state index contributed by atoms with van der Waals surface area (Å²) in [6, 6.07) is 8.01. The fourth-order valence-electron chi connectivity index (χ4n) is 2.74. The van der Waals surface area contributed by atoms with E-state index in [1.165, 1.54) is 0 Å². The molecular weight excluding hydrogens is 200 g/mol. The molecule has 84 valence electrons. The Labute approximate surface area is 95.2 Å². The Bertz CT molecular complexity index is 424. The van der Waals surface area contributed by atoms with Crippen molar-refractivity contribution in [1.29, 1.82) is 0 Å². The van der Waals surface area contributed by atoms with Crippen molar-refractivity contribution in [3.8, 4) is 0 Å². The number of carbonyl (C=O) groups is 1. The average Bonchev–Trinajstić information content (AvgIpc) is 2.28. The van der Waals surface area contributed by atoms with Gasteiger partial charge in [-0.2, -0.15) is 0 Å². The van der Waals surface area contributed by atoms with E-state index in [9.17, 15) is 4.79 Å². The summed E-state index contributed by atoms with van der Waals surface area (Å²) in [4.78, 5) is 14.0. The number of fused-ring (bicyclic) bond motifs is 2. The molecule has 3 nitrogen and oxygen atoms in total. The van der Waals surface area contributed by atoms with E-state index in [1.807, 2.05) is 29.2 Å². The number of anilines is 1. The summed E-state index contributed by atoms with van der Waals surface area (Å²) in [6.45, 7) is 1.42. The highest BCUT2D eigenvalue weighted by Gasteiger charge is 2.43. The first-order chi connectivity index (χ1) is 7.78. The molecule has 2 aliphatic heterocycles. The molecule has 1 aromatic rings. The van der Waals surface area contributed by atoms with E-state index in [4.69, 9.17) is 5.73 Å². The van der Waals surface area contributed by atoms with E-state index in [0.29, 0.717) is 18.4 Å². The minimum Gasteiger partial charge on any atom is -0.326 e. The molecular formula is C13H16N2O. The van der Waals surface area contributed by atoms with Crippen LogP contribution in [0.25, 0.3) is 0 Å². The monoisotopic (exact) mass is 216 g/mol. The van der Waals surface area contributed by atoms with Crippen LogP contribution in [0.3, 0.4) is 0 Å². The predicted octanol–water partition coefficient (Wildman–Crippen LogP) is 1.52. The van der Waals surface area contributed by atoms with Crippen LogP contribution in [0.15, 0.2) is 24.3 Å². The van der Waals surface area contributed by atoms with Gasteiger partial charge in [-0.05, 0) is 36.5 Å². The molecule has 1 amide bonds. The zero-order chi connectivity index (χ0) is 11.1. The number of hydrogen-bond donors (Lipinski definition) is 1. The minimum absolute atomic E-state index is 0.292. The summed E-state index contributed by atoms with van der Waals surface area (Å²) in [5.74, 6) is 1.32. The normalized spacial score (nSPS) is 27.8. The molecule has 16 heavy (non-hydrogen) atoms. The number of benzene rings is 1. The highest BCUT2D eigenvalue weighted by Crippen LogP contribution is 2.42. The average molecular weight is 216 g/mol. The van der Waals surface area contributed by atoms with Crippen molar-refractivity contribution in [2.24, 2.45) is 17.6 Å². The van der Waals surface area contributed by atoms with Gasteiger partial charge in [-0.3, -0.25) is 4.79 Å². The predicted molar refractivity (Wildman–Crippen MR) is 62.9 cm³/mol. The van der Waals surface area contributed by atoms with Crippen molar-refractivity contribution in [1.82, 2.24) is 0 Å². The van der Waals surface area contributed by atoms with Crippen LogP contribution in [0, 0.1) is 11.8 Å². The van der Waals surface area contributed by atoms with Gasteiger partial charge in [0.05, 0.1) is 0 Å².